The van der Waals surface area contributed by atoms with E-state index in [4.69, 9.17) is 5.73 Å². The predicted octanol–water partition coefficient (Wildman–Crippen LogP) is 1.61. The summed E-state index contributed by atoms with van der Waals surface area (Å²) in [5.74, 6) is 0.269. The van der Waals surface area contributed by atoms with Gasteiger partial charge in [0.2, 0.25) is 10.0 Å². The normalized spacial score (nSPS) is 15.7. The molecule has 0 aromatic heterocycles. The van der Waals surface area contributed by atoms with E-state index in [1.807, 2.05) is 0 Å². The molecule has 1 atom stereocenters. The molecule has 2 rings (SSSR count). The highest BCUT2D eigenvalue weighted by Crippen LogP contribution is 2.32. The zero-order valence-corrected chi connectivity index (χ0v) is 15.7. The average molecular weight is 376 g/mol. The number of sulfonamides is 1. The maximum Gasteiger partial charge on any atom is 0.251 e. The Morgan fingerprint density at radius 3 is 2.21 bits per heavy atom. The summed E-state index contributed by atoms with van der Waals surface area (Å²) < 4.78 is 26.2. The Hall–Kier alpha value is -1.15. The van der Waals surface area contributed by atoms with Crippen molar-refractivity contribution in [1.29, 1.82) is 0 Å². The van der Waals surface area contributed by atoms with Crippen molar-refractivity contribution < 1.29 is 13.2 Å². The minimum Gasteiger partial charge on any atom is -0.348 e. The lowest BCUT2D eigenvalue weighted by molar-refractivity contribution is 0.0933. The number of nitrogens with two attached hydrogens (primary N) is 1. The molecule has 6 nitrogen and oxygen atoms in total. The Bertz CT molecular complexity index is 641. The number of halogens is 1. The van der Waals surface area contributed by atoms with E-state index in [9.17, 15) is 13.2 Å². The lowest BCUT2D eigenvalue weighted by Gasteiger charge is -2.19. The van der Waals surface area contributed by atoms with E-state index in [0.29, 0.717) is 31.1 Å². The highest BCUT2D eigenvalue weighted by atomic mass is 35.5. The predicted molar refractivity (Wildman–Crippen MR) is 96.8 cm³/mol. The molecular formula is C16H26ClN3O3S. The molecule has 8 heteroatoms. The van der Waals surface area contributed by atoms with Gasteiger partial charge in [-0.15, -0.1) is 12.4 Å². The number of hydrogen-bond acceptors (Lipinski definition) is 4. The van der Waals surface area contributed by atoms with Gasteiger partial charge in [0.1, 0.15) is 0 Å². The van der Waals surface area contributed by atoms with Crippen molar-refractivity contribution in [2.45, 2.75) is 37.6 Å². The number of nitrogens with zero attached hydrogens (tertiary/aromatic N) is 1. The Labute approximate surface area is 150 Å². The lowest BCUT2D eigenvalue weighted by Crippen LogP contribution is -2.41. The van der Waals surface area contributed by atoms with Gasteiger partial charge in [-0.2, -0.15) is 4.31 Å². The van der Waals surface area contributed by atoms with Crippen molar-refractivity contribution in [3.05, 3.63) is 29.8 Å². The van der Waals surface area contributed by atoms with Gasteiger partial charge in [0, 0.05) is 31.2 Å². The van der Waals surface area contributed by atoms with E-state index < -0.39 is 10.0 Å². The summed E-state index contributed by atoms with van der Waals surface area (Å²) in [6.45, 7) is 4.85. The van der Waals surface area contributed by atoms with Crippen LogP contribution in [0.4, 0.5) is 0 Å². The van der Waals surface area contributed by atoms with Crippen molar-refractivity contribution >= 4 is 28.3 Å². The number of hydrogen-bond donors (Lipinski definition) is 2. The largest absolute Gasteiger partial charge is 0.348 e. The van der Waals surface area contributed by atoms with E-state index in [2.05, 4.69) is 5.32 Å². The van der Waals surface area contributed by atoms with Crippen molar-refractivity contribution in [2.24, 2.45) is 11.7 Å². The smallest absolute Gasteiger partial charge is 0.251 e. The fourth-order valence-electron chi connectivity index (χ4n) is 2.61. The topological polar surface area (TPSA) is 92.5 Å². The van der Waals surface area contributed by atoms with Gasteiger partial charge in [-0.05, 0) is 43.0 Å². The molecule has 1 saturated carbocycles. The monoisotopic (exact) mass is 375 g/mol. The van der Waals surface area contributed by atoms with Crippen LogP contribution in [-0.4, -0.2) is 44.3 Å². The molecule has 1 aliphatic carbocycles. The van der Waals surface area contributed by atoms with Gasteiger partial charge in [-0.1, -0.05) is 13.8 Å². The third-order valence-corrected chi connectivity index (χ3v) is 6.29. The van der Waals surface area contributed by atoms with Gasteiger partial charge in [0.05, 0.1) is 4.90 Å². The molecule has 3 N–H and O–H groups in total. The molecule has 1 fully saturated rings. The molecule has 0 radical (unpaired) electrons. The zero-order chi connectivity index (χ0) is 17.0. The standard InChI is InChI=1S/C16H25N3O3S.ClH/c1-3-19(4-2)23(21,22)14-9-7-13(8-10-14)16(20)18-15(11-17)12-5-6-12;/h7-10,12,15H,3-6,11,17H2,1-2H3,(H,18,20);1H. The molecule has 24 heavy (non-hydrogen) atoms. The molecule has 1 aromatic carbocycles. The van der Waals surface area contributed by atoms with Crippen LogP contribution in [0.25, 0.3) is 0 Å². The van der Waals surface area contributed by atoms with Crippen LogP contribution in [-0.2, 0) is 10.0 Å². The first kappa shape index (κ1) is 20.9. The summed E-state index contributed by atoms with van der Waals surface area (Å²) in [5.41, 5.74) is 6.13. The van der Waals surface area contributed by atoms with Crippen LogP contribution in [0.2, 0.25) is 0 Å². The Balaban J connectivity index is 0.00000288. The first-order valence-electron chi connectivity index (χ1n) is 8.05. The minimum atomic E-state index is -3.49. The SMILES string of the molecule is CCN(CC)S(=O)(=O)c1ccc(C(=O)NC(CN)C2CC2)cc1.Cl. The van der Waals surface area contributed by atoms with Crippen LogP contribution in [0.3, 0.4) is 0 Å². The summed E-state index contributed by atoms with van der Waals surface area (Å²) in [4.78, 5) is 12.4. The fourth-order valence-corrected chi connectivity index (χ4v) is 4.07. The molecule has 0 saturated heterocycles. The van der Waals surface area contributed by atoms with Crippen LogP contribution in [0.15, 0.2) is 29.2 Å². The van der Waals surface area contributed by atoms with E-state index in [0.717, 1.165) is 12.8 Å². The summed E-state index contributed by atoms with van der Waals surface area (Å²) in [6, 6.07) is 6.06. The van der Waals surface area contributed by atoms with Gasteiger partial charge in [-0.25, -0.2) is 8.42 Å². The van der Waals surface area contributed by atoms with Gasteiger partial charge in [0.15, 0.2) is 0 Å². The quantitative estimate of drug-likeness (QED) is 0.721. The Morgan fingerprint density at radius 2 is 1.79 bits per heavy atom. The number of amides is 1. The maximum atomic E-state index is 12.4. The van der Waals surface area contributed by atoms with Crippen LogP contribution in [0.5, 0.6) is 0 Å². The third kappa shape index (κ3) is 4.69. The van der Waals surface area contributed by atoms with Crippen LogP contribution in [0, 0.1) is 5.92 Å². The molecule has 136 valence electrons. The van der Waals surface area contributed by atoms with Crippen molar-refractivity contribution in [1.82, 2.24) is 9.62 Å². The second-order valence-electron chi connectivity index (χ2n) is 5.77. The Morgan fingerprint density at radius 1 is 1.25 bits per heavy atom. The molecule has 1 aromatic rings. The second kappa shape index (κ2) is 8.80. The third-order valence-electron chi connectivity index (χ3n) is 4.22. The minimum absolute atomic E-state index is 0. The number of carbonyl (C=O) groups excluding carboxylic acids is 1. The summed E-state index contributed by atoms with van der Waals surface area (Å²) >= 11 is 0. The molecule has 0 bridgehead atoms. The second-order valence-corrected chi connectivity index (χ2v) is 7.70. The molecule has 1 amide bonds. The highest BCUT2D eigenvalue weighted by molar-refractivity contribution is 7.89. The Kier molecular flexibility index (Phi) is 7.66. The van der Waals surface area contributed by atoms with Gasteiger partial charge in [0.25, 0.3) is 5.91 Å². The highest BCUT2D eigenvalue weighted by Gasteiger charge is 2.31. The van der Waals surface area contributed by atoms with Gasteiger partial charge in [-0.3, -0.25) is 4.79 Å². The fraction of sp³-hybridized carbons (Fsp3) is 0.562. The van der Waals surface area contributed by atoms with Gasteiger partial charge < -0.3 is 11.1 Å². The van der Waals surface area contributed by atoms with Crippen LogP contribution >= 0.6 is 12.4 Å². The summed E-state index contributed by atoms with van der Waals surface area (Å²) in [5, 5.41) is 2.92. The first-order valence-corrected chi connectivity index (χ1v) is 9.49. The van der Waals surface area contributed by atoms with Crippen molar-refractivity contribution in [2.75, 3.05) is 19.6 Å². The van der Waals surface area contributed by atoms with Crippen LogP contribution < -0.4 is 11.1 Å². The average Bonchev–Trinajstić information content (AvgIpc) is 3.38. The van der Waals surface area contributed by atoms with E-state index in [1.54, 1.807) is 26.0 Å². The molecule has 1 aliphatic rings. The number of rotatable bonds is 8. The maximum absolute atomic E-state index is 12.4. The molecule has 0 aliphatic heterocycles. The van der Waals surface area contributed by atoms with E-state index >= 15 is 0 Å². The molecular weight excluding hydrogens is 350 g/mol. The van der Waals surface area contributed by atoms with E-state index in [-0.39, 0.29) is 29.3 Å². The number of carbonyl (C=O) groups is 1. The van der Waals surface area contributed by atoms with Crippen LogP contribution in [0.1, 0.15) is 37.0 Å². The molecule has 1 unspecified atom stereocenters. The van der Waals surface area contributed by atoms with Crippen molar-refractivity contribution in [3.63, 3.8) is 0 Å². The first-order chi connectivity index (χ1) is 10.9. The summed E-state index contributed by atoms with van der Waals surface area (Å²) in [7, 11) is -3.49. The summed E-state index contributed by atoms with van der Waals surface area (Å²) in [6.07, 6.45) is 2.20. The lowest BCUT2D eigenvalue weighted by atomic mass is 10.1. The molecule has 0 spiro atoms. The number of nitrogens with one attached hydrogen (secondary N) is 1. The molecule has 0 heterocycles. The number of benzene rings is 1. The zero-order valence-electron chi connectivity index (χ0n) is 14.1. The van der Waals surface area contributed by atoms with E-state index in [1.165, 1.54) is 16.4 Å². The van der Waals surface area contributed by atoms with Crippen molar-refractivity contribution in [3.8, 4) is 0 Å². The van der Waals surface area contributed by atoms with Gasteiger partial charge >= 0.3 is 0 Å².